The molecule has 0 spiro atoms. The Balaban J connectivity index is 2.34. The largest absolute Gasteiger partial charge is 0.462 e. The Bertz CT molecular complexity index is 377. The van der Waals surface area contributed by atoms with E-state index in [1.807, 2.05) is 13.1 Å². The van der Waals surface area contributed by atoms with Crippen LogP contribution in [-0.2, 0) is 17.7 Å². The second-order valence-corrected chi connectivity index (χ2v) is 3.47. The van der Waals surface area contributed by atoms with Crippen LogP contribution in [0.25, 0.3) is 0 Å². The van der Waals surface area contributed by atoms with Crippen molar-refractivity contribution >= 4 is 5.97 Å². The van der Waals surface area contributed by atoms with E-state index in [1.54, 1.807) is 6.20 Å². The van der Waals surface area contributed by atoms with Gasteiger partial charge < -0.3 is 10.1 Å². The summed E-state index contributed by atoms with van der Waals surface area (Å²) in [5, 5.41) is 3.25. The summed E-state index contributed by atoms with van der Waals surface area (Å²) in [6.45, 7) is 3.90. The Labute approximate surface area is 88.7 Å². The summed E-state index contributed by atoms with van der Waals surface area (Å²) in [6, 6.07) is 0. The van der Waals surface area contributed by atoms with Crippen LogP contribution in [0.4, 0.5) is 0 Å². The molecule has 0 atom stereocenters. The average molecular weight is 206 g/mol. The zero-order chi connectivity index (χ0) is 10.7. The number of hydrogen-bond acceptors (Lipinski definition) is 4. The molecule has 0 aliphatic carbocycles. The van der Waals surface area contributed by atoms with Gasteiger partial charge in [-0.1, -0.05) is 0 Å². The van der Waals surface area contributed by atoms with E-state index in [4.69, 9.17) is 4.74 Å². The normalized spacial score (nSPS) is 14.5. The topological polar surface area (TPSA) is 51.2 Å². The SMILES string of the molecule is CCOC(=O)c1cncc2c1CCNC2. The van der Waals surface area contributed by atoms with Crippen LogP contribution < -0.4 is 5.32 Å². The highest BCUT2D eigenvalue weighted by molar-refractivity contribution is 5.91. The van der Waals surface area contributed by atoms with Gasteiger partial charge in [0.25, 0.3) is 0 Å². The predicted molar refractivity (Wildman–Crippen MR) is 55.6 cm³/mol. The van der Waals surface area contributed by atoms with Gasteiger partial charge in [0, 0.05) is 18.9 Å². The van der Waals surface area contributed by atoms with E-state index in [9.17, 15) is 4.79 Å². The highest BCUT2D eigenvalue weighted by Crippen LogP contribution is 2.17. The van der Waals surface area contributed by atoms with Crippen molar-refractivity contribution in [1.29, 1.82) is 0 Å². The maximum absolute atomic E-state index is 11.6. The van der Waals surface area contributed by atoms with E-state index < -0.39 is 0 Å². The summed E-state index contributed by atoms with van der Waals surface area (Å²) < 4.78 is 4.99. The van der Waals surface area contributed by atoms with E-state index >= 15 is 0 Å². The molecular weight excluding hydrogens is 192 g/mol. The minimum atomic E-state index is -0.260. The zero-order valence-electron chi connectivity index (χ0n) is 8.75. The minimum absolute atomic E-state index is 0.260. The maximum Gasteiger partial charge on any atom is 0.339 e. The van der Waals surface area contributed by atoms with Crippen molar-refractivity contribution in [3.63, 3.8) is 0 Å². The number of carbonyl (C=O) groups is 1. The third-order valence-corrected chi connectivity index (χ3v) is 2.51. The van der Waals surface area contributed by atoms with Crippen molar-refractivity contribution in [2.75, 3.05) is 13.2 Å². The maximum atomic E-state index is 11.6. The van der Waals surface area contributed by atoms with Crippen LogP contribution in [0.1, 0.15) is 28.4 Å². The molecule has 0 saturated carbocycles. The molecule has 1 N–H and O–H groups in total. The van der Waals surface area contributed by atoms with Gasteiger partial charge in [-0.05, 0) is 31.0 Å². The van der Waals surface area contributed by atoms with Crippen LogP contribution in [-0.4, -0.2) is 24.1 Å². The Morgan fingerprint density at radius 1 is 1.60 bits per heavy atom. The summed E-state index contributed by atoms with van der Waals surface area (Å²) in [4.78, 5) is 15.7. The Morgan fingerprint density at radius 2 is 2.47 bits per heavy atom. The van der Waals surface area contributed by atoms with Gasteiger partial charge in [0.2, 0.25) is 0 Å². The quantitative estimate of drug-likeness (QED) is 0.730. The number of fused-ring (bicyclic) bond motifs is 1. The van der Waals surface area contributed by atoms with Crippen LogP contribution in [0.5, 0.6) is 0 Å². The second-order valence-electron chi connectivity index (χ2n) is 3.47. The lowest BCUT2D eigenvalue weighted by molar-refractivity contribution is 0.0524. The van der Waals surface area contributed by atoms with Gasteiger partial charge in [0.1, 0.15) is 0 Å². The Morgan fingerprint density at radius 3 is 3.27 bits per heavy atom. The lowest BCUT2D eigenvalue weighted by Crippen LogP contribution is -2.26. The minimum Gasteiger partial charge on any atom is -0.462 e. The molecule has 1 aliphatic rings. The molecule has 2 rings (SSSR count). The predicted octanol–water partition coefficient (Wildman–Crippen LogP) is 0.904. The van der Waals surface area contributed by atoms with E-state index in [0.717, 1.165) is 30.6 Å². The van der Waals surface area contributed by atoms with Gasteiger partial charge >= 0.3 is 5.97 Å². The molecule has 0 unspecified atom stereocenters. The second kappa shape index (κ2) is 4.40. The number of ether oxygens (including phenoxy) is 1. The fourth-order valence-corrected chi connectivity index (χ4v) is 1.80. The molecule has 0 fully saturated rings. The third kappa shape index (κ3) is 1.99. The monoisotopic (exact) mass is 206 g/mol. The molecule has 0 aromatic carbocycles. The highest BCUT2D eigenvalue weighted by atomic mass is 16.5. The highest BCUT2D eigenvalue weighted by Gasteiger charge is 2.18. The average Bonchev–Trinajstić information content (AvgIpc) is 2.28. The first-order valence-corrected chi connectivity index (χ1v) is 5.16. The van der Waals surface area contributed by atoms with E-state index in [1.165, 1.54) is 0 Å². The van der Waals surface area contributed by atoms with Gasteiger partial charge in [-0.2, -0.15) is 0 Å². The van der Waals surface area contributed by atoms with E-state index in [2.05, 4.69) is 10.3 Å². The fraction of sp³-hybridized carbons (Fsp3) is 0.455. The van der Waals surface area contributed by atoms with Gasteiger partial charge in [-0.15, -0.1) is 0 Å². The molecular formula is C11H14N2O2. The summed E-state index contributed by atoms with van der Waals surface area (Å²) >= 11 is 0. The lowest BCUT2D eigenvalue weighted by Gasteiger charge is -2.18. The number of pyridine rings is 1. The molecule has 1 aromatic rings. The molecule has 80 valence electrons. The Kier molecular flexibility index (Phi) is 2.97. The molecule has 1 aliphatic heterocycles. The van der Waals surface area contributed by atoms with Crippen LogP contribution in [0.15, 0.2) is 12.4 Å². The van der Waals surface area contributed by atoms with E-state index in [0.29, 0.717) is 12.2 Å². The number of nitrogens with zero attached hydrogens (tertiary/aromatic N) is 1. The first kappa shape index (κ1) is 10.1. The standard InChI is InChI=1S/C11H14N2O2/c1-2-15-11(14)10-7-13-6-8-5-12-4-3-9(8)10/h6-7,12H,2-5H2,1H3. The molecule has 0 saturated heterocycles. The number of carbonyl (C=O) groups excluding carboxylic acids is 1. The molecule has 0 bridgehead atoms. The van der Waals surface area contributed by atoms with E-state index in [-0.39, 0.29) is 5.97 Å². The van der Waals surface area contributed by atoms with Gasteiger partial charge in [-0.3, -0.25) is 4.98 Å². The van der Waals surface area contributed by atoms with Crippen LogP contribution >= 0.6 is 0 Å². The molecule has 0 radical (unpaired) electrons. The summed E-state index contributed by atoms with van der Waals surface area (Å²) in [5.41, 5.74) is 2.81. The third-order valence-electron chi connectivity index (χ3n) is 2.51. The lowest BCUT2D eigenvalue weighted by atomic mass is 9.98. The number of hydrogen-bond donors (Lipinski definition) is 1. The van der Waals surface area contributed by atoms with Crippen LogP contribution in [0, 0.1) is 0 Å². The summed E-state index contributed by atoms with van der Waals surface area (Å²) in [5.74, 6) is -0.260. The smallest absolute Gasteiger partial charge is 0.339 e. The van der Waals surface area contributed by atoms with Crippen molar-refractivity contribution in [2.24, 2.45) is 0 Å². The number of aromatic nitrogens is 1. The number of rotatable bonds is 2. The van der Waals surface area contributed by atoms with Crippen molar-refractivity contribution < 1.29 is 9.53 Å². The van der Waals surface area contributed by atoms with Crippen molar-refractivity contribution in [3.8, 4) is 0 Å². The molecule has 0 amide bonds. The summed E-state index contributed by atoms with van der Waals surface area (Å²) in [6.07, 6.45) is 4.28. The molecule has 15 heavy (non-hydrogen) atoms. The molecule has 2 heterocycles. The number of nitrogens with one attached hydrogen (secondary N) is 1. The first-order chi connectivity index (χ1) is 7.33. The van der Waals surface area contributed by atoms with Gasteiger partial charge in [-0.25, -0.2) is 4.79 Å². The van der Waals surface area contributed by atoms with Crippen molar-refractivity contribution in [1.82, 2.24) is 10.3 Å². The Hall–Kier alpha value is -1.42. The van der Waals surface area contributed by atoms with Crippen molar-refractivity contribution in [3.05, 3.63) is 29.1 Å². The van der Waals surface area contributed by atoms with Crippen LogP contribution in [0.3, 0.4) is 0 Å². The van der Waals surface area contributed by atoms with Gasteiger partial charge in [0.05, 0.1) is 12.2 Å². The molecule has 1 aromatic heterocycles. The molecule has 4 nitrogen and oxygen atoms in total. The first-order valence-electron chi connectivity index (χ1n) is 5.16. The van der Waals surface area contributed by atoms with Crippen molar-refractivity contribution in [2.45, 2.75) is 19.9 Å². The number of esters is 1. The van der Waals surface area contributed by atoms with Gasteiger partial charge in [0.15, 0.2) is 0 Å². The van der Waals surface area contributed by atoms with Crippen LogP contribution in [0.2, 0.25) is 0 Å². The zero-order valence-corrected chi connectivity index (χ0v) is 8.75. The molecule has 4 heteroatoms. The summed E-state index contributed by atoms with van der Waals surface area (Å²) in [7, 11) is 0. The fourth-order valence-electron chi connectivity index (χ4n) is 1.80.